The molecule has 0 aliphatic heterocycles. The molecule has 25 rings (SSSR count). The van der Waals surface area contributed by atoms with Gasteiger partial charge in [0.25, 0.3) is 0 Å². The van der Waals surface area contributed by atoms with Gasteiger partial charge in [0.1, 0.15) is 16.6 Å². The van der Waals surface area contributed by atoms with E-state index in [9.17, 15) is 0 Å². The van der Waals surface area contributed by atoms with Gasteiger partial charge in [-0.2, -0.15) is 0 Å². The molecule has 0 fully saturated rings. The van der Waals surface area contributed by atoms with Gasteiger partial charge in [-0.1, -0.05) is 243 Å². The van der Waals surface area contributed by atoms with Gasteiger partial charge < -0.3 is 13.3 Å². The summed E-state index contributed by atoms with van der Waals surface area (Å²) in [6.45, 7) is 7.25. The number of benzene rings is 15. The van der Waals surface area contributed by atoms with Crippen LogP contribution in [0.1, 0.15) is 0 Å². The van der Waals surface area contributed by atoms with Crippen LogP contribution in [0.5, 0.6) is 0 Å². The monoisotopic (exact) mass is 1600 g/mol. The van der Waals surface area contributed by atoms with Crippen molar-refractivity contribution in [3.63, 3.8) is 0 Å². The van der Waals surface area contributed by atoms with Crippen LogP contribution in [0.3, 0.4) is 0 Å². The predicted molar refractivity (Wildman–Crippen MR) is 505 cm³/mol. The van der Waals surface area contributed by atoms with Crippen molar-refractivity contribution >= 4 is 137 Å². The van der Waals surface area contributed by atoms with Gasteiger partial charge in [0.2, 0.25) is 17.7 Å². The number of rotatable bonds is 10. The Morgan fingerprint density at radius 3 is 1.13 bits per heavy atom. The second kappa shape index (κ2) is 30.7. The summed E-state index contributed by atoms with van der Waals surface area (Å²) in [5.74, 6) is 1.83. The first-order valence-corrected chi connectivity index (χ1v) is 41.2. The van der Waals surface area contributed by atoms with Crippen molar-refractivity contribution in [2.45, 2.75) is 0 Å². The van der Waals surface area contributed by atoms with E-state index < -0.39 is 0 Å². The number of hydrogen-bond donors (Lipinski definition) is 0. The van der Waals surface area contributed by atoms with Gasteiger partial charge in [0.05, 0.1) is 73.8 Å². The number of oxazole rings is 3. The second-order valence-electron chi connectivity index (χ2n) is 30.7. The molecule has 0 bridgehead atoms. The first kappa shape index (κ1) is 72.8. The highest BCUT2D eigenvalue weighted by atomic mass is 16.4. The van der Waals surface area contributed by atoms with Crippen molar-refractivity contribution < 1.29 is 13.3 Å². The third-order valence-corrected chi connectivity index (χ3v) is 23.2. The van der Waals surface area contributed by atoms with Crippen LogP contribution < -0.4 is 0 Å². The highest BCUT2D eigenvalue weighted by Gasteiger charge is 2.23. The van der Waals surface area contributed by atoms with Crippen molar-refractivity contribution in [3.05, 3.63) is 406 Å². The lowest BCUT2D eigenvalue weighted by molar-refractivity contribution is 0.619. The Hall–Kier alpha value is -17.4. The lowest BCUT2D eigenvalue weighted by Gasteiger charge is -2.12. The Morgan fingerprint density at radius 1 is 0.208 bits per heavy atom. The van der Waals surface area contributed by atoms with Crippen molar-refractivity contribution in [3.8, 4) is 113 Å². The topological polar surface area (TPSA) is 173 Å². The molecule has 10 aromatic heterocycles. The van der Waals surface area contributed by atoms with Crippen LogP contribution >= 0.6 is 0 Å². The largest absolute Gasteiger partial charge is 0.436 e. The molecule has 0 aliphatic rings. The minimum atomic E-state index is 0.597. The van der Waals surface area contributed by atoms with Gasteiger partial charge in [0, 0.05) is 127 Å². The molecule has 0 radical (unpaired) electrons. The normalized spacial score (nSPS) is 11.5. The summed E-state index contributed by atoms with van der Waals surface area (Å²) in [5, 5.41) is 12.6. The standard InChI is InChI=1S/C47H27N5O.C33H19N3O.C31H19N3O/c1-2-7-32(8-3-1)47-52-46-41(53-47)25-21-36-42(46)35-10-4-5-11-40(35)51-43(36)30-14-12-28(13-15-30)37-23-19-33-27-34(20-24-38(33)49-37)39-22-18-31-17-16-29-9-6-26-48-44(29)45(31)50-39;1-34-25-15-12-21(13-16-25)24-14-18-28-27(20-24)30-26(31(35-28)22-8-4-2-5-9-22)17-19-29-32(30)36-33(37-29)23-10-6-3-7-11-23;1-2-8-22(9-3-1)31-34-30-27(35-31)18-17-24-28(30)23-10-4-5-12-26(23)33-29(24)21-15-13-20(14-16-21)25-11-6-7-19-32-25/h1-27H;2-20H;1-19H. The maximum atomic E-state index is 7.25. The number of aromatic nitrogens is 10. The quantitative estimate of drug-likeness (QED) is 0.0936. The zero-order chi connectivity index (χ0) is 82.8. The van der Waals surface area contributed by atoms with E-state index in [1.165, 1.54) is 0 Å². The van der Waals surface area contributed by atoms with E-state index in [0.29, 0.717) is 23.4 Å². The number of hydrogen-bond acceptors (Lipinski definition) is 13. The summed E-state index contributed by atoms with van der Waals surface area (Å²) in [7, 11) is 0. The summed E-state index contributed by atoms with van der Waals surface area (Å²) in [6.07, 6.45) is 3.64. The van der Waals surface area contributed by atoms with Gasteiger partial charge in [-0.15, -0.1) is 0 Å². The first-order chi connectivity index (χ1) is 61.9. The average Bonchev–Trinajstić information content (AvgIpc) is 1.71. The van der Waals surface area contributed by atoms with Crippen molar-refractivity contribution in [1.29, 1.82) is 0 Å². The molecule has 0 saturated heterocycles. The second-order valence-corrected chi connectivity index (χ2v) is 30.7. The number of nitrogens with zero attached hydrogens (tertiary/aromatic N) is 11. The summed E-state index contributed by atoms with van der Waals surface area (Å²) in [5.41, 5.74) is 27.6. The Kier molecular flexibility index (Phi) is 17.9. The third-order valence-electron chi connectivity index (χ3n) is 23.2. The molecule has 582 valence electrons. The molecule has 0 spiro atoms. The molecule has 14 heteroatoms. The molecular formula is C111H65N11O3. The molecule has 0 N–H and O–H groups in total. The van der Waals surface area contributed by atoms with E-state index in [4.69, 9.17) is 59.7 Å². The van der Waals surface area contributed by atoms with Crippen LogP contribution in [0.4, 0.5) is 5.69 Å². The molecule has 10 heterocycles. The first-order valence-electron chi connectivity index (χ1n) is 41.2. The minimum absolute atomic E-state index is 0.597. The van der Waals surface area contributed by atoms with E-state index >= 15 is 0 Å². The molecule has 0 atom stereocenters. The van der Waals surface area contributed by atoms with Crippen molar-refractivity contribution in [1.82, 2.24) is 49.8 Å². The van der Waals surface area contributed by atoms with Crippen LogP contribution in [-0.2, 0) is 0 Å². The molecular weight excluding hydrogens is 1540 g/mol. The van der Waals surface area contributed by atoms with Crippen LogP contribution in [-0.4, -0.2) is 49.8 Å². The maximum absolute atomic E-state index is 7.25. The fourth-order valence-corrected chi connectivity index (χ4v) is 17.1. The predicted octanol–water partition coefficient (Wildman–Crippen LogP) is 28.8. The number of fused-ring (bicyclic) bond motifs is 19. The van der Waals surface area contributed by atoms with Gasteiger partial charge in [-0.05, 0) is 151 Å². The highest BCUT2D eigenvalue weighted by Crippen LogP contribution is 2.45. The van der Waals surface area contributed by atoms with Gasteiger partial charge >= 0.3 is 0 Å². The minimum Gasteiger partial charge on any atom is -0.436 e. The van der Waals surface area contributed by atoms with E-state index in [-0.39, 0.29) is 0 Å². The highest BCUT2D eigenvalue weighted by molar-refractivity contribution is 6.24. The fraction of sp³-hybridized carbons (Fsp3) is 0. The lowest BCUT2D eigenvalue weighted by atomic mass is 9.96. The van der Waals surface area contributed by atoms with Crippen LogP contribution in [0, 0.1) is 6.57 Å². The van der Waals surface area contributed by atoms with E-state index in [0.717, 1.165) is 226 Å². The Bertz CT molecular complexity index is 8580. The zero-order valence-electron chi connectivity index (χ0n) is 66.7. The Morgan fingerprint density at radius 2 is 0.608 bits per heavy atom. The van der Waals surface area contributed by atoms with Crippen LogP contribution in [0.2, 0.25) is 0 Å². The molecule has 25 aromatic rings. The fourth-order valence-electron chi connectivity index (χ4n) is 17.1. The molecule has 14 nitrogen and oxygen atoms in total. The Balaban J connectivity index is 0.000000111. The average molecular weight is 1600 g/mol. The van der Waals surface area contributed by atoms with Gasteiger partial charge in [-0.25, -0.2) is 44.7 Å². The van der Waals surface area contributed by atoms with Crippen LogP contribution in [0.15, 0.2) is 408 Å². The van der Waals surface area contributed by atoms with E-state index in [1.807, 2.05) is 213 Å². The van der Waals surface area contributed by atoms with E-state index in [1.54, 1.807) is 0 Å². The zero-order valence-corrected chi connectivity index (χ0v) is 66.7. The van der Waals surface area contributed by atoms with Gasteiger partial charge in [0.15, 0.2) is 22.4 Å². The van der Waals surface area contributed by atoms with Crippen molar-refractivity contribution in [2.75, 3.05) is 0 Å². The molecule has 15 aromatic carbocycles. The maximum Gasteiger partial charge on any atom is 0.227 e. The summed E-state index contributed by atoms with van der Waals surface area (Å²) >= 11 is 0. The molecule has 0 amide bonds. The summed E-state index contributed by atoms with van der Waals surface area (Å²) in [4.78, 5) is 53.0. The third kappa shape index (κ3) is 13.3. The molecule has 0 saturated carbocycles. The summed E-state index contributed by atoms with van der Waals surface area (Å²) in [6, 6.07) is 129. The lowest BCUT2D eigenvalue weighted by Crippen LogP contribution is -1.91. The smallest absolute Gasteiger partial charge is 0.227 e. The number of para-hydroxylation sites is 2. The van der Waals surface area contributed by atoms with Gasteiger partial charge in [-0.3, -0.25) is 9.97 Å². The molecule has 0 aliphatic carbocycles. The molecule has 125 heavy (non-hydrogen) atoms. The van der Waals surface area contributed by atoms with Crippen LogP contribution in [0.25, 0.3) is 249 Å². The van der Waals surface area contributed by atoms with E-state index in [2.05, 4.69) is 197 Å². The molecule has 0 unspecified atom stereocenters. The van der Waals surface area contributed by atoms with Crippen molar-refractivity contribution in [2.24, 2.45) is 0 Å². The number of pyridine rings is 7. The SMILES string of the molecule is [C-]#[N+]c1ccc(-c2ccc3nc(-c4ccccc4)c4ccc5oc(-c6ccccc6)nc5c4c3c2)cc1.c1ccc(-c2nc3c(ccc4c(-c5ccc(-c6ccc7cc(-c8ccc9ccc%10cccnc%10c9n8)ccc7n6)cc5)nc5ccccc5c43)o2)cc1.c1ccc(-c2nc3c(ccc4c(-c5ccc(-c6ccccn6)cc5)nc5ccccc5c43)o2)cc1. The Labute approximate surface area is 714 Å². The summed E-state index contributed by atoms with van der Waals surface area (Å²) < 4.78 is 18.7.